The number of hydrogen-bond acceptors (Lipinski definition) is 5. The summed E-state index contributed by atoms with van der Waals surface area (Å²) in [6.45, 7) is 1.49. The van der Waals surface area contributed by atoms with E-state index in [1.54, 1.807) is 0 Å². The summed E-state index contributed by atoms with van der Waals surface area (Å²) in [5, 5.41) is 2.75. The van der Waals surface area contributed by atoms with Crippen molar-refractivity contribution in [3.05, 3.63) is 35.8 Å². The van der Waals surface area contributed by atoms with Crippen molar-refractivity contribution in [1.82, 2.24) is 5.32 Å². The van der Waals surface area contributed by atoms with E-state index in [9.17, 15) is 4.79 Å². The van der Waals surface area contributed by atoms with E-state index < -0.39 is 0 Å². The molecule has 0 atom stereocenters. The lowest BCUT2D eigenvalue weighted by Crippen LogP contribution is -2.27. The molecule has 0 bridgehead atoms. The first-order chi connectivity index (χ1) is 9.33. The van der Waals surface area contributed by atoms with Gasteiger partial charge in [-0.1, -0.05) is 6.07 Å². The molecule has 1 amide bonds. The zero-order valence-electron chi connectivity index (χ0n) is 10.2. The van der Waals surface area contributed by atoms with E-state index in [4.69, 9.17) is 18.9 Å². The van der Waals surface area contributed by atoms with Crippen LogP contribution in [-0.4, -0.2) is 25.9 Å². The van der Waals surface area contributed by atoms with Crippen molar-refractivity contribution < 1.29 is 23.7 Å². The maximum Gasteiger partial charge on any atom is 0.289 e. The maximum atomic E-state index is 11.8. The quantitative estimate of drug-likeness (QED) is 0.878. The lowest BCUT2D eigenvalue weighted by molar-refractivity contribution is -0.122. The van der Waals surface area contributed by atoms with Crippen molar-refractivity contribution in [2.24, 2.45) is 0 Å². The van der Waals surface area contributed by atoms with E-state index in [0.717, 1.165) is 11.3 Å². The summed E-state index contributed by atoms with van der Waals surface area (Å²) in [6, 6.07) is 5.54. The van der Waals surface area contributed by atoms with Gasteiger partial charge in [0.15, 0.2) is 11.5 Å². The fraction of sp³-hybridized carbons (Fsp3) is 0.308. The van der Waals surface area contributed by atoms with Crippen molar-refractivity contribution in [3.8, 4) is 11.5 Å². The SMILES string of the molecule is O=C(NCc1ccc2c(c1)OCO2)C1=COCCO1. The fourth-order valence-electron chi connectivity index (χ4n) is 1.81. The number of nitrogens with one attached hydrogen (secondary N) is 1. The van der Waals surface area contributed by atoms with Crippen LogP contribution in [-0.2, 0) is 20.8 Å². The van der Waals surface area contributed by atoms with Crippen LogP contribution in [0.3, 0.4) is 0 Å². The summed E-state index contributed by atoms with van der Waals surface area (Å²) in [5.74, 6) is 1.33. The van der Waals surface area contributed by atoms with Crippen molar-refractivity contribution in [2.75, 3.05) is 20.0 Å². The number of ether oxygens (including phenoxy) is 4. The minimum absolute atomic E-state index is 0.201. The van der Waals surface area contributed by atoms with Gasteiger partial charge in [0.05, 0.1) is 0 Å². The van der Waals surface area contributed by atoms with Gasteiger partial charge in [-0.3, -0.25) is 4.79 Å². The molecule has 2 aliphatic heterocycles. The highest BCUT2D eigenvalue weighted by atomic mass is 16.7. The highest BCUT2D eigenvalue weighted by Gasteiger charge is 2.16. The number of carbonyl (C=O) groups excluding carboxylic acids is 1. The van der Waals surface area contributed by atoms with Gasteiger partial charge in [-0.15, -0.1) is 0 Å². The molecule has 0 saturated heterocycles. The van der Waals surface area contributed by atoms with Crippen LogP contribution in [0.4, 0.5) is 0 Å². The van der Waals surface area contributed by atoms with E-state index in [1.165, 1.54) is 6.26 Å². The van der Waals surface area contributed by atoms with Gasteiger partial charge in [0.1, 0.15) is 19.5 Å². The first kappa shape index (κ1) is 11.7. The maximum absolute atomic E-state index is 11.8. The summed E-state index contributed by atoms with van der Waals surface area (Å²) in [7, 11) is 0. The molecule has 0 aromatic heterocycles. The van der Waals surface area contributed by atoms with E-state index in [1.807, 2.05) is 18.2 Å². The molecule has 6 nitrogen and oxygen atoms in total. The molecule has 2 heterocycles. The smallest absolute Gasteiger partial charge is 0.289 e. The predicted octanol–water partition coefficient (Wildman–Crippen LogP) is 0.920. The Morgan fingerprint density at radius 3 is 2.89 bits per heavy atom. The Hall–Kier alpha value is -2.37. The minimum Gasteiger partial charge on any atom is -0.494 e. The Labute approximate surface area is 109 Å². The molecular formula is C13H13NO5. The molecule has 19 heavy (non-hydrogen) atoms. The molecule has 0 radical (unpaired) electrons. The highest BCUT2D eigenvalue weighted by Crippen LogP contribution is 2.32. The van der Waals surface area contributed by atoms with Crippen LogP contribution in [0.1, 0.15) is 5.56 Å². The predicted molar refractivity (Wildman–Crippen MR) is 64.4 cm³/mol. The van der Waals surface area contributed by atoms with Crippen molar-refractivity contribution >= 4 is 5.91 Å². The van der Waals surface area contributed by atoms with Gasteiger partial charge in [0.2, 0.25) is 12.6 Å². The second-order valence-corrected chi connectivity index (χ2v) is 4.07. The van der Waals surface area contributed by atoms with Crippen LogP contribution in [0.5, 0.6) is 11.5 Å². The standard InChI is InChI=1S/C13H13NO5/c15-13(12-7-16-3-4-17-12)14-6-9-1-2-10-11(5-9)19-8-18-10/h1-2,5,7H,3-4,6,8H2,(H,14,15). The Bertz CT molecular complexity index is 526. The van der Waals surface area contributed by atoms with E-state index in [0.29, 0.717) is 25.5 Å². The molecule has 6 heteroatoms. The summed E-state index contributed by atoms with van der Waals surface area (Å²) in [4.78, 5) is 11.8. The van der Waals surface area contributed by atoms with Crippen LogP contribution >= 0.6 is 0 Å². The largest absolute Gasteiger partial charge is 0.494 e. The zero-order chi connectivity index (χ0) is 13.1. The second kappa shape index (κ2) is 5.09. The lowest BCUT2D eigenvalue weighted by atomic mass is 10.2. The molecule has 0 saturated carbocycles. The Kier molecular flexibility index (Phi) is 3.14. The van der Waals surface area contributed by atoms with E-state index in [-0.39, 0.29) is 18.5 Å². The zero-order valence-corrected chi connectivity index (χ0v) is 10.2. The number of carbonyl (C=O) groups is 1. The summed E-state index contributed by atoms with van der Waals surface area (Å²) in [6.07, 6.45) is 1.33. The Morgan fingerprint density at radius 2 is 2.05 bits per heavy atom. The molecule has 0 unspecified atom stereocenters. The fourth-order valence-corrected chi connectivity index (χ4v) is 1.81. The molecule has 0 fully saturated rings. The number of rotatable bonds is 3. The van der Waals surface area contributed by atoms with Gasteiger partial charge in [-0.05, 0) is 17.7 Å². The van der Waals surface area contributed by atoms with Crippen LogP contribution in [0.2, 0.25) is 0 Å². The van der Waals surface area contributed by atoms with Gasteiger partial charge in [0.25, 0.3) is 5.91 Å². The number of benzene rings is 1. The Balaban J connectivity index is 1.60. The van der Waals surface area contributed by atoms with Crippen LogP contribution in [0.25, 0.3) is 0 Å². The van der Waals surface area contributed by atoms with Crippen LogP contribution in [0, 0.1) is 0 Å². The average molecular weight is 263 g/mol. The van der Waals surface area contributed by atoms with Gasteiger partial charge >= 0.3 is 0 Å². The molecule has 1 N–H and O–H groups in total. The van der Waals surface area contributed by atoms with Crippen LogP contribution in [0.15, 0.2) is 30.2 Å². The molecule has 3 rings (SSSR count). The van der Waals surface area contributed by atoms with Gasteiger partial charge < -0.3 is 24.3 Å². The monoisotopic (exact) mass is 263 g/mol. The van der Waals surface area contributed by atoms with Gasteiger partial charge in [-0.2, -0.15) is 0 Å². The third kappa shape index (κ3) is 2.57. The number of amides is 1. The minimum atomic E-state index is -0.294. The first-order valence-corrected chi connectivity index (χ1v) is 5.94. The normalized spacial score (nSPS) is 16.1. The van der Waals surface area contributed by atoms with E-state index in [2.05, 4.69) is 5.32 Å². The average Bonchev–Trinajstić information content (AvgIpc) is 2.93. The summed E-state index contributed by atoms with van der Waals surface area (Å²) >= 11 is 0. The van der Waals surface area contributed by atoms with Crippen LogP contribution < -0.4 is 14.8 Å². The third-order valence-corrected chi connectivity index (χ3v) is 2.76. The highest BCUT2D eigenvalue weighted by molar-refractivity contribution is 5.91. The molecule has 2 aliphatic rings. The molecule has 1 aromatic carbocycles. The van der Waals surface area contributed by atoms with Crippen molar-refractivity contribution in [1.29, 1.82) is 0 Å². The molecule has 1 aromatic rings. The first-order valence-electron chi connectivity index (χ1n) is 5.94. The van der Waals surface area contributed by atoms with Gasteiger partial charge in [0, 0.05) is 6.54 Å². The summed E-state index contributed by atoms with van der Waals surface area (Å²) in [5.41, 5.74) is 0.926. The van der Waals surface area contributed by atoms with Gasteiger partial charge in [-0.25, -0.2) is 0 Å². The number of fused-ring (bicyclic) bond motifs is 1. The van der Waals surface area contributed by atoms with Crippen molar-refractivity contribution in [2.45, 2.75) is 6.54 Å². The van der Waals surface area contributed by atoms with E-state index >= 15 is 0 Å². The second-order valence-electron chi connectivity index (χ2n) is 4.07. The molecule has 0 spiro atoms. The van der Waals surface area contributed by atoms with Crippen molar-refractivity contribution in [3.63, 3.8) is 0 Å². The number of hydrogen-bond donors (Lipinski definition) is 1. The molecule has 0 aliphatic carbocycles. The third-order valence-electron chi connectivity index (χ3n) is 2.76. The Morgan fingerprint density at radius 1 is 1.16 bits per heavy atom. The lowest BCUT2D eigenvalue weighted by Gasteiger charge is -2.15. The summed E-state index contributed by atoms with van der Waals surface area (Å²) < 4.78 is 20.7. The topological polar surface area (TPSA) is 66.0 Å². The molecule has 100 valence electrons. The molecular weight excluding hydrogens is 250 g/mol.